The molecule has 2 aromatic heterocycles. The highest BCUT2D eigenvalue weighted by atomic mass is 35.5. The first-order valence-electron chi connectivity index (χ1n) is 5.81. The zero-order valence-electron chi connectivity index (χ0n) is 10.1. The predicted octanol–water partition coefficient (Wildman–Crippen LogP) is -1.33. The summed E-state index contributed by atoms with van der Waals surface area (Å²) in [5, 5.41) is 28.9. The monoisotopic (exact) mass is 301 g/mol. The zero-order valence-corrected chi connectivity index (χ0v) is 10.8. The van der Waals surface area contributed by atoms with Gasteiger partial charge in [0.1, 0.15) is 24.6 Å². The van der Waals surface area contributed by atoms with Gasteiger partial charge in [-0.25, -0.2) is 15.0 Å². The smallest absolute Gasteiger partial charge is 0.207 e. The molecule has 3 rings (SSSR count). The highest BCUT2D eigenvalue weighted by Crippen LogP contribution is 2.34. The number of fused-ring (bicyclic) bond motifs is 1. The number of hydrogen-bond donors (Lipinski definition) is 4. The summed E-state index contributed by atoms with van der Waals surface area (Å²) < 4.78 is 6.70. The molecule has 1 saturated heterocycles. The van der Waals surface area contributed by atoms with Crippen molar-refractivity contribution in [3.05, 3.63) is 11.6 Å². The molecule has 0 saturated carbocycles. The molecular formula is C10H12ClN5O4. The van der Waals surface area contributed by atoms with E-state index < -0.39 is 31.1 Å². The summed E-state index contributed by atoms with van der Waals surface area (Å²) in [5.74, 6) is 0.141. The molecule has 1 unspecified atom stereocenters. The van der Waals surface area contributed by atoms with Crippen LogP contribution in [0.25, 0.3) is 11.2 Å². The third-order valence-corrected chi connectivity index (χ3v) is 3.50. The molecule has 108 valence electrons. The average molecular weight is 302 g/mol. The summed E-state index contributed by atoms with van der Waals surface area (Å²) >= 11 is 6.02. The van der Waals surface area contributed by atoms with E-state index in [0.717, 1.165) is 0 Å². The molecule has 20 heavy (non-hydrogen) atoms. The van der Waals surface area contributed by atoms with Crippen LogP contribution in [0, 0.1) is 0 Å². The van der Waals surface area contributed by atoms with Gasteiger partial charge in [-0.1, -0.05) is 0 Å². The lowest BCUT2D eigenvalue weighted by molar-refractivity contribution is -0.0509. The second-order valence-electron chi connectivity index (χ2n) is 4.41. The number of anilines is 1. The molecule has 0 spiro atoms. The third-order valence-electron chi connectivity index (χ3n) is 3.23. The van der Waals surface area contributed by atoms with E-state index >= 15 is 0 Å². The molecule has 4 atom stereocenters. The Balaban J connectivity index is 2.11. The van der Waals surface area contributed by atoms with Gasteiger partial charge in [0, 0.05) is 0 Å². The molecule has 3 heterocycles. The fourth-order valence-electron chi connectivity index (χ4n) is 2.22. The molecule has 1 aliphatic heterocycles. The number of nitrogens with zero attached hydrogens (tertiary/aromatic N) is 4. The molecule has 1 fully saturated rings. The topological polar surface area (TPSA) is 140 Å². The first kappa shape index (κ1) is 13.5. The number of rotatable bonds is 2. The maximum atomic E-state index is 10.0. The zero-order chi connectivity index (χ0) is 14.4. The van der Waals surface area contributed by atoms with Crippen LogP contribution in [-0.2, 0) is 4.74 Å². The van der Waals surface area contributed by atoms with Crippen LogP contribution in [0.5, 0.6) is 0 Å². The lowest BCUT2D eigenvalue weighted by Gasteiger charge is -2.17. The van der Waals surface area contributed by atoms with E-state index in [0.29, 0.717) is 0 Å². The number of aliphatic hydroxyl groups excluding tert-OH is 3. The van der Waals surface area contributed by atoms with Crippen LogP contribution in [0.4, 0.5) is 5.82 Å². The van der Waals surface area contributed by atoms with Gasteiger partial charge in [0.05, 0.1) is 6.61 Å². The van der Waals surface area contributed by atoms with Crippen molar-refractivity contribution in [2.75, 3.05) is 12.3 Å². The van der Waals surface area contributed by atoms with Crippen molar-refractivity contribution >= 4 is 28.6 Å². The Labute approximate surface area is 117 Å². The SMILES string of the molecule is Nc1ncnc2c1nc(Cl)n2C1O[C@H](CO)[C@@H](O)[C@H]1O. The van der Waals surface area contributed by atoms with Gasteiger partial charge in [-0.15, -0.1) is 0 Å². The Morgan fingerprint density at radius 2 is 2.10 bits per heavy atom. The second-order valence-corrected chi connectivity index (χ2v) is 4.75. The molecule has 0 aromatic carbocycles. The third kappa shape index (κ3) is 1.83. The van der Waals surface area contributed by atoms with Gasteiger partial charge in [-0.05, 0) is 11.6 Å². The van der Waals surface area contributed by atoms with Crippen molar-refractivity contribution in [3.63, 3.8) is 0 Å². The van der Waals surface area contributed by atoms with E-state index in [1.807, 2.05) is 0 Å². The van der Waals surface area contributed by atoms with E-state index in [4.69, 9.17) is 27.2 Å². The highest BCUT2D eigenvalue weighted by Gasteiger charge is 2.44. The number of aromatic nitrogens is 4. The van der Waals surface area contributed by atoms with Crippen LogP contribution in [0.2, 0.25) is 5.28 Å². The summed E-state index contributed by atoms with van der Waals surface area (Å²) in [6.45, 7) is -0.434. The number of halogens is 1. The number of ether oxygens (including phenoxy) is 1. The fraction of sp³-hybridized carbons (Fsp3) is 0.500. The molecule has 0 aliphatic carbocycles. The number of imidazole rings is 1. The first-order valence-corrected chi connectivity index (χ1v) is 6.18. The van der Waals surface area contributed by atoms with Crippen LogP contribution in [0.15, 0.2) is 6.33 Å². The van der Waals surface area contributed by atoms with E-state index in [-0.39, 0.29) is 22.3 Å². The lowest BCUT2D eigenvalue weighted by Crippen LogP contribution is -2.33. The van der Waals surface area contributed by atoms with E-state index in [9.17, 15) is 10.2 Å². The molecule has 1 aliphatic rings. The molecular weight excluding hydrogens is 290 g/mol. The maximum Gasteiger partial charge on any atom is 0.207 e. The molecule has 2 aromatic rings. The standard InChI is InChI=1S/C10H12ClN5O4/c11-10-15-4-7(12)13-2-14-8(4)16(10)9-6(19)5(18)3(1-17)20-9/h2-3,5-6,9,17-19H,1H2,(H2,12,13,14)/t3-,5-,6-,9?/m1/s1. The number of nitrogen functional groups attached to an aromatic ring is 1. The van der Waals surface area contributed by atoms with Crippen molar-refractivity contribution in [1.82, 2.24) is 19.5 Å². The highest BCUT2D eigenvalue weighted by molar-refractivity contribution is 6.29. The summed E-state index contributed by atoms with van der Waals surface area (Å²) in [7, 11) is 0. The maximum absolute atomic E-state index is 10.0. The first-order chi connectivity index (χ1) is 9.54. The minimum Gasteiger partial charge on any atom is -0.394 e. The summed E-state index contributed by atoms with van der Waals surface area (Å²) in [6.07, 6.45) is -3.22. The Morgan fingerprint density at radius 3 is 2.75 bits per heavy atom. The summed E-state index contributed by atoms with van der Waals surface area (Å²) in [5.41, 5.74) is 6.22. The summed E-state index contributed by atoms with van der Waals surface area (Å²) in [4.78, 5) is 11.8. The van der Waals surface area contributed by atoms with Gasteiger partial charge in [0.2, 0.25) is 5.28 Å². The van der Waals surface area contributed by atoms with Crippen LogP contribution in [0.3, 0.4) is 0 Å². The Bertz CT molecular complexity index is 650. The molecule has 0 amide bonds. The molecule has 5 N–H and O–H groups in total. The number of hydrogen-bond acceptors (Lipinski definition) is 8. The molecule has 9 nitrogen and oxygen atoms in total. The van der Waals surface area contributed by atoms with E-state index in [2.05, 4.69) is 15.0 Å². The van der Waals surface area contributed by atoms with E-state index in [1.165, 1.54) is 10.9 Å². The van der Waals surface area contributed by atoms with Crippen molar-refractivity contribution in [2.45, 2.75) is 24.5 Å². The van der Waals surface area contributed by atoms with Crippen LogP contribution in [0.1, 0.15) is 6.23 Å². The van der Waals surface area contributed by atoms with Gasteiger partial charge in [-0.3, -0.25) is 4.57 Å². The van der Waals surface area contributed by atoms with Crippen LogP contribution >= 0.6 is 11.6 Å². The van der Waals surface area contributed by atoms with Gasteiger partial charge >= 0.3 is 0 Å². The molecule has 0 bridgehead atoms. The predicted molar refractivity (Wildman–Crippen MR) is 67.8 cm³/mol. The van der Waals surface area contributed by atoms with Crippen LogP contribution < -0.4 is 5.73 Å². The van der Waals surface area contributed by atoms with Gasteiger partial charge in [0.15, 0.2) is 23.2 Å². The number of aliphatic hydroxyl groups is 3. The van der Waals surface area contributed by atoms with Gasteiger partial charge in [0.25, 0.3) is 0 Å². The Morgan fingerprint density at radius 1 is 1.35 bits per heavy atom. The second kappa shape index (κ2) is 4.79. The molecule has 10 heteroatoms. The van der Waals surface area contributed by atoms with Crippen molar-refractivity contribution in [1.29, 1.82) is 0 Å². The number of nitrogens with two attached hydrogens (primary N) is 1. The Hall–Kier alpha value is -1.52. The summed E-state index contributed by atoms with van der Waals surface area (Å²) in [6, 6.07) is 0. The quantitative estimate of drug-likeness (QED) is 0.500. The minimum absolute atomic E-state index is 0.0120. The average Bonchev–Trinajstić information content (AvgIpc) is 2.90. The Kier molecular flexibility index (Phi) is 3.22. The lowest BCUT2D eigenvalue weighted by atomic mass is 10.1. The minimum atomic E-state index is -1.28. The van der Waals surface area contributed by atoms with Crippen molar-refractivity contribution in [3.8, 4) is 0 Å². The largest absolute Gasteiger partial charge is 0.394 e. The van der Waals surface area contributed by atoms with Crippen molar-refractivity contribution in [2.24, 2.45) is 0 Å². The normalized spacial score (nSPS) is 30.2. The fourth-order valence-corrected chi connectivity index (χ4v) is 2.48. The van der Waals surface area contributed by atoms with Gasteiger partial charge < -0.3 is 25.8 Å². The van der Waals surface area contributed by atoms with E-state index in [1.54, 1.807) is 0 Å². The van der Waals surface area contributed by atoms with Crippen LogP contribution in [-0.4, -0.2) is 59.8 Å². The van der Waals surface area contributed by atoms with Gasteiger partial charge in [-0.2, -0.15) is 0 Å². The van der Waals surface area contributed by atoms with Crippen molar-refractivity contribution < 1.29 is 20.1 Å². The molecule has 0 radical (unpaired) electrons.